The summed E-state index contributed by atoms with van der Waals surface area (Å²) in [4.78, 5) is 17.2. The van der Waals surface area contributed by atoms with Crippen molar-refractivity contribution in [1.29, 1.82) is 0 Å². The van der Waals surface area contributed by atoms with Crippen LogP contribution in [0.2, 0.25) is 0 Å². The predicted molar refractivity (Wildman–Crippen MR) is 114 cm³/mol. The Hall–Kier alpha value is -3.80. The van der Waals surface area contributed by atoms with Crippen molar-refractivity contribution < 1.29 is 19.0 Å². The zero-order valence-electron chi connectivity index (χ0n) is 16.5. The largest absolute Gasteiger partial charge is 0.493 e. The minimum Gasteiger partial charge on any atom is -0.493 e. The summed E-state index contributed by atoms with van der Waals surface area (Å²) in [5, 5.41) is 2.88. The van der Waals surface area contributed by atoms with E-state index in [1.165, 1.54) is 0 Å². The van der Waals surface area contributed by atoms with Crippen LogP contribution in [0, 0.1) is 0 Å². The van der Waals surface area contributed by atoms with Gasteiger partial charge in [-0.1, -0.05) is 30.3 Å². The van der Waals surface area contributed by atoms with Gasteiger partial charge in [0.15, 0.2) is 11.5 Å². The highest BCUT2D eigenvalue weighted by molar-refractivity contribution is 6.08. The van der Waals surface area contributed by atoms with Gasteiger partial charge in [0.25, 0.3) is 5.91 Å². The molecule has 148 valence electrons. The summed E-state index contributed by atoms with van der Waals surface area (Å²) in [7, 11) is 4.67. The Labute approximate surface area is 169 Å². The lowest BCUT2D eigenvalue weighted by Crippen LogP contribution is -2.11. The molecule has 0 aromatic heterocycles. The number of nitrogens with one attached hydrogen (secondary N) is 1. The molecule has 3 rings (SSSR count). The monoisotopic (exact) mass is 390 g/mol. The standard InChI is InChI=1S/C23H22N2O4/c1-27-20-13-16(14-21(28-2)22(20)29-3)15-24-19-12-8-7-11-18(19)23(26)25-17-9-5-4-6-10-17/h4-15H,1-3H3,(H,25,26). The highest BCUT2D eigenvalue weighted by Gasteiger charge is 2.13. The minimum absolute atomic E-state index is 0.228. The molecular weight excluding hydrogens is 368 g/mol. The third-order valence-electron chi connectivity index (χ3n) is 4.22. The number of amides is 1. The van der Waals surface area contributed by atoms with E-state index < -0.39 is 0 Å². The van der Waals surface area contributed by atoms with Crippen LogP contribution in [0.4, 0.5) is 11.4 Å². The third kappa shape index (κ3) is 4.73. The summed E-state index contributed by atoms with van der Waals surface area (Å²) in [6.45, 7) is 0. The van der Waals surface area contributed by atoms with Gasteiger partial charge in [0.2, 0.25) is 5.75 Å². The molecule has 0 unspecified atom stereocenters. The van der Waals surface area contributed by atoms with Gasteiger partial charge in [-0.3, -0.25) is 9.79 Å². The highest BCUT2D eigenvalue weighted by Crippen LogP contribution is 2.37. The van der Waals surface area contributed by atoms with Crippen molar-refractivity contribution in [3.8, 4) is 17.2 Å². The van der Waals surface area contributed by atoms with E-state index in [0.29, 0.717) is 28.5 Å². The first-order chi connectivity index (χ1) is 14.2. The van der Waals surface area contributed by atoms with Crippen molar-refractivity contribution in [3.63, 3.8) is 0 Å². The number of aliphatic imine (C=N–C) groups is 1. The number of carbonyl (C=O) groups is 1. The molecule has 3 aromatic rings. The zero-order valence-corrected chi connectivity index (χ0v) is 16.5. The van der Waals surface area contributed by atoms with Crippen molar-refractivity contribution in [2.45, 2.75) is 0 Å². The van der Waals surface area contributed by atoms with Gasteiger partial charge >= 0.3 is 0 Å². The van der Waals surface area contributed by atoms with E-state index >= 15 is 0 Å². The molecule has 0 saturated carbocycles. The third-order valence-corrected chi connectivity index (χ3v) is 4.22. The molecule has 0 spiro atoms. The molecule has 0 radical (unpaired) electrons. The Kier molecular flexibility index (Phi) is 6.47. The fraction of sp³-hybridized carbons (Fsp3) is 0.130. The van der Waals surface area contributed by atoms with Crippen LogP contribution in [0.3, 0.4) is 0 Å². The second-order valence-electron chi connectivity index (χ2n) is 6.05. The van der Waals surface area contributed by atoms with E-state index in [-0.39, 0.29) is 5.91 Å². The molecule has 0 fully saturated rings. The number of hydrogen-bond donors (Lipinski definition) is 1. The number of hydrogen-bond acceptors (Lipinski definition) is 5. The van der Waals surface area contributed by atoms with E-state index in [1.807, 2.05) is 36.4 Å². The quantitative estimate of drug-likeness (QED) is 0.593. The van der Waals surface area contributed by atoms with Crippen LogP contribution in [0.5, 0.6) is 17.2 Å². The van der Waals surface area contributed by atoms with Crippen molar-refractivity contribution in [1.82, 2.24) is 0 Å². The number of nitrogens with zero attached hydrogens (tertiary/aromatic N) is 1. The van der Waals surface area contributed by atoms with Crippen molar-refractivity contribution in [2.24, 2.45) is 4.99 Å². The first kappa shape index (κ1) is 19.9. The van der Waals surface area contributed by atoms with E-state index in [0.717, 1.165) is 11.3 Å². The molecule has 0 aliphatic carbocycles. The molecule has 0 aliphatic heterocycles. The average molecular weight is 390 g/mol. The Morgan fingerprint density at radius 3 is 2.10 bits per heavy atom. The van der Waals surface area contributed by atoms with E-state index in [4.69, 9.17) is 14.2 Å². The number of carbonyl (C=O) groups excluding carboxylic acids is 1. The normalized spacial score (nSPS) is 10.6. The summed E-state index contributed by atoms with van der Waals surface area (Å²) in [6, 6.07) is 20.0. The zero-order chi connectivity index (χ0) is 20.6. The van der Waals surface area contributed by atoms with Crippen LogP contribution in [-0.4, -0.2) is 33.5 Å². The van der Waals surface area contributed by atoms with Gasteiger partial charge in [0, 0.05) is 17.5 Å². The van der Waals surface area contributed by atoms with Crippen LogP contribution >= 0.6 is 0 Å². The number of rotatable bonds is 7. The molecule has 6 heteroatoms. The number of para-hydroxylation sites is 2. The number of anilines is 1. The maximum Gasteiger partial charge on any atom is 0.257 e. The molecule has 1 amide bonds. The molecule has 1 N–H and O–H groups in total. The first-order valence-corrected chi connectivity index (χ1v) is 8.95. The lowest BCUT2D eigenvalue weighted by Gasteiger charge is -2.12. The Morgan fingerprint density at radius 1 is 0.862 bits per heavy atom. The number of benzene rings is 3. The van der Waals surface area contributed by atoms with Gasteiger partial charge in [0.05, 0.1) is 32.6 Å². The Balaban J connectivity index is 1.89. The molecule has 0 atom stereocenters. The number of methoxy groups -OCH3 is 3. The Bertz CT molecular complexity index is 991. The summed E-state index contributed by atoms with van der Waals surface area (Å²) in [6.07, 6.45) is 1.65. The average Bonchev–Trinajstić information content (AvgIpc) is 2.77. The van der Waals surface area contributed by atoms with Gasteiger partial charge in [0.1, 0.15) is 0 Å². The second kappa shape index (κ2) is 9.41. The molecule has 0 aliphatic rings. The number of ether oxygens (including phenoxy) is 3. The molecule has 29 heavy (non-hydrogen) atoms. The van der Waals surface area contributed by atoms with Crippen LogP contribution < -0.4 is 19.5 Å². The smallest absolute Gasteiger partial charge is 0.257 e. The molecule has 6 nitrogen and oxygen atoms in total. The van der Waals surface area contributed by atoms with Crippen molar-refractivity contribution >= 4 is 23.5 Å². The second-order valence-corrected chi connectivity index (χ2v) is 6.05. The summed E-state index contributed by atoms with van der Waals surface area (Å²) < 4.78 is 16.1. The molecule has 0 bridgehead atoms. The first-order valence-electron chi connectivity index (χ1n) is 8.95. The molecule has 0 heterocycles. The van der Waals surface area contributed by atoms with Crippen molar-refractivity contribution in [3.05, 3.63) is 77.9 Å². The van der Waals surface area contributed by atoms with E-state index in [1.54, 1.807) is 57.9 Å². The highest BCUT2D eigenvalue weighted by atomic mass is 16.5. The lowest BCUT2D eigenvalue weighted by molar-refractivity contribution is 0.102. The fourth-order valence-electron chi connectivity index (χ4n) is 2.82. The predicted octanol–water partition coefficient (Wildman–Crippen LogP) is 4.72. The van der Waals surface area contributed by atoms with Gasteiger partial charge < -0.3 is 19.5 Å². The molecule has 3 aromatic carbocycles. The van der Waals surface area contributed by atoms with Gasteiger partial charge in [-0.15, -0.1) is 0 Å². The minimum atomic E-state index is -0.228. The van der Waals surface area contributed by atoms with Crippen molar-refractivity contribution in [2.75, 3.05) is 26.6 Å². The van der Waals surface area contributed by atoms with Crippen LogP contribution in [0.15, 0.2) is 71.7 Å². The maximum atomic E-state index is 12.7. The fourth-order valence-corrected chi connectivity index (χ4v) is 2.82. The van der Waals surface area contributed by atoms with Crippen LogP contribution in [0.1, 0.15) is 15.9 Å². The summed E-state index contributed by atoms with van der Waals surface area (Å²) in [5.41, 5.74) is 2.49. The summed E-state index contributed by atoms with van der Waals surface area (Å²) >= 11 is 0. The topological polar surface area (TPSA) is 69.2 Å². The molecule has 0 saturated heterocycles. The van der Waals surface area contributed by atoms with E-state index in [2.05, 4.69) is 10.3 Å². The van der Waals surface area contributed by atoms with Crippen LogP contribution in [0.25, 0.3) is 0 Å². The van der Waals surface area contributed by atoms with E-state index in [9.17, 15) is 4.79 Å². The lowest BCUT2D eigenvalue weighted by atomic mass is 10.1. The SMILES string of the molecule is COc1cc(C=Nc2ccccc2C(=O)Nc2ccccc2)cc(OC)c1OC. The summed E-state index contributed by atoms with van der Waals surface area (Å²) in [5.74, 6) is 1.34. The van der Waals surface area contributed by atoms with Gasteiger partial charge in [-0.05, 0) is 36.4 Å². The Morgan fingerprint density at radius 2 is 1.48 bits per heavy atom. The maximum absolute atomic E-state index is 12.7. The van der Waals surface area contributed by atoms with Gasteiger partial charge in [-0.25, -0.2) is 0 Å². The van der Waals surface area contributed by atoms with Crippen LogP contribution in [-0.2, 0) is 0 Å². The molecular formula is C23H22N2O4. The van der Waals surface area contributed by atoms with Gasteiger partial charge in [-0.2, -0.15) is 0 Å².